The summed E-state index contributed by atoms with van der Waals surface area (Å²) in [4.78, 5) is 15.5. The van der Waals surface area contributed by atoms with Crippen molar-refractivity contribution in [3.8, 4) is 0 Å². The van der Waals surface area contributed by atoms with Crippen LogP contribution in [0.5, 0.6) is 0 Å². The number of benzene rings is 2. The third-order valence-electron chi connectivity index (χ3n) is 5.52. The quantitative estimate of drug-likeness (QED) is 0.817. The number of nitrogens with zero attached hydrogens (tertiary/aromatic N) is 1. The summed E-state index contributed by atoms with van der Waals surface area (Å²) in [6.07, 6.45) is 1.67. The normalized spacial score (nSPS) is 20.2. The van der Waals surface area contributed by atoms with Crippen LogP contribution in [0.15, 0.2) is 47.4 Å². The lowest BCUT2D eigenvalue weighted by atomic mass is 9.91. The van der Waals surface area contributed by atoms with Gasteiger partial charge in [-0.05, 0) is 43.9 Å². The molecule has 1 aliphatic heterocycles. The highest BCUT2D eigenvalue weighted by Gasteiger charge is 2.53. The molecule has 1 fully saturated rings. The molecule has 0 unspecified atom stereocenters. The monoisotopic (exact) mass is 369 g/mol. The predicted molar refractivity (Wildman–Crippen MR) is 101 cm³/mol. The molecule has 2 aliphatic rings. The third kappa shape index (κ3) is 2.84. The van der Waals surface area contributed by atoms with E-state index in [1.807, 2.05) is 26.0 Å². The average molecular weight is 369 g/mol. The second kappa shape index (κ2) is 5.95. The first-order valence-corrected chi connectivity index (χ1v) is 10.7. The van der Waals surface area contributed by atoms with Crippen molar-refractivity contribution < 1.29 is 13.2 Å². The second-order valence-electron chi connectivity index (χ2n) is 7.61. The second-order valence-corrected chi connectivity index (χ2v) is 9.69. The summed E-state index contributed by atoms with van der Waals surface area (Å²) in [7, 11) is -3.34. The van der Waals surface area contributed by atoms with Crippen LogP contribution in [0.2, 0.25) is 0 Å². The summed E-state index contributed by atoms with van der Waals surface area (Å²) in [5, 5.41) is 0. The molecule has 2 aromatic carbocycles. The number of aryl methyl sites for hydroxylation is 2. The topological polar surface area (TPSA) is 54.5 Å². The standard InChI is InChI=1S/C21H23NO3S/c1-15-11-16(2)13-18(12-15)21(7-8-21)20(23)22-9-10-26(24,25)19-6-4-3-5-17(19)14-22/h3-6,11-13H,7-10,14H2,1-2H3. The van der Waals surface area contributed by atoms with Crippen molar-refractivity contribution in [2.75, 3.05) is 12.3 Å². The molecule has 0 atom stereocenters. The number of carbonyl (C=O) groups excluding carboxylic acids is 1. The minimum Gasteiger partial charge on any atom is -0.337 e. The first-order chi connectivity index (χ1) is 12.3. The van der Waals surface area contributed by atoms with E-state index in [4.69, 9.17) is 0 Å². The molecule has 1 amide bonds. The minimum atomic E-state index is -3.34. The van der Waals surface area contributed by atoms with Gasteiger partial charge in [-0.1, -0.05) is 47.5 Å². The Morgan fingerprint density at radius 2 is 1.69 bits per heavy atom. The molecule has 1 saturated carbocycles. The Hall–Kier alpha value is -2.14. The van der Waals surface area contributed by atoms with Gasteiger partial charge < -0.3 is 4.90 Å². The maximum atomic E-state index is 13.4. The van der Waals surface area contributed by atoms with Crippen molar-refractivity contribution in [1.29, 1.82) is 0 Å². The van der Waals surface area contributed by atoms with Crippen molar-refractivity contribution in [2.45, 2.75) is 43.5 Å². The van der Waals surface area contributed by atoms with Crippen LogP contribution in [-0.4, -0.2) is 31.5 Å². The fraction of sp³-hybridized carbons (Fsp3) is 0.381. The van der Waals surface area contributed by atoms with Gasteiger partial charge in [-0.3, -0.25) is 4.79 Å². The number of amides is 1. The minimum absolute atomic E-state index is 0.0152. The van der Waals surface area contributed by atoms with Gasteiger partial charge >= 0.3 is 0 Å². The summed E-state index contributed by atoms with van der Waals surface area (Å²) in [5.41, 5.74) is 3.63. The largest absolute Gasteiger partial charge is 0.337 e. The van der Waals surface area contributed by atoms with Crippen molar-refractivity contribution in [3.63, 3.8) is 0 Å². The van der Waals surface area contributed by atoms with Crippen molar-refractivity contribution in [1.82, 2.24) is 4.90 Å². The van der Waals surface area contributed by atoms with Gasteiger partial charge in [-0.25, -0.2) is 8.42 Å². The molecule has 0 aromatic heterocycles. The van der Waals surface area contributed by atoms with Gasteiger partial charge in [-0.2, -0.15) is 0 Å². The maximum Gasteiger partial charge on any atom is 0.233 e. The van der Waals surface area contributed by atoms with E-state index in [0.29, 0.717) is 11.4 Å². The molecule has 4 nitrogen and oxygen atoms in total. The van der Waals surface area contributed by atoms with Crippen LogP contribution in [0.25, 0.3) is 0 Å². The van der Waals surface area contributed by atoms with Crippen molar-refractivity contribution in [2.24, 2.45) is 0 Å². The molecule has 1 aliphatic carbocycles. The number of fused-ring (bicyclic) bond motifs is 1. The van der Waals surface area contributed by atoms with Gasteiger partial charge in [-0.15, -0.1) is 0 Å². The van der Waals surface area contributed by atoms with E-state index < -0.39 is 15.3 Å². The lowest BCUT2D eigenvalue weighted by Gasteiger charge is -2.26. The highest BCUT2D eigenvalue weighted by atomic mass is 32.2. The number of carbonyl (C=O) groups is 1. The molecule has 0 spiro atoms. The lowest BCUT2D eigenvalue weighted by Crippen LogP contribution is -2.40. The smallest absolute Gasteiger partial charge is 0.233 e. The fourth-order valence-corrected chi connectivity index (χ4v) is 5.54. The highest BCUT2D eigenvalue weighted by Crippen LogP contribution is 2.50. The first-order valence-electron chi connectivity index (χ1n) is 9.01. The molecule has 4 rings (SSSR count). The van der Waals surface area contributed by atoms with Crippen LogP contribution < -0.4 is 0 Å². The predicted octanol–water partition coefficient (Wildman–Crippen LogP) is 3.15. The zero-order valence-corrected chi connectivity index (χ0v) is 16.0. The number of sulfone groups is 1. The van der Waals surface area contributed by atoms with Gasteiger partial charge in [0.25, 0.3) is 0 Å². The molecule has 0 saturated heterocycles. The Labute approximate surface area is 154 Å². The Bertz CT molecular complexity index is 970. The zero-order chi connectivity index (χ0) is 18.5. The Kier molecular flexibility index (Phi) is 3.95. The summed E-state index contributed by atoms with van der Waals surface area (Å²) in [6.45, 7) is 4.71. The summed E-state index contributed by atoms with van der Waals surface area (Å²) in [5.74, 6) is 0.0491. The van der Waals surface area contributed by atoms with Crippen molar-refractivity contribution in [3.05, 3.63) is 64.7 Å². The molecule has 1 heterocycles. The summed E-state index contributed by atoms with van der Waals surface area (Å²) < 4.78 is 25.1. The van der Waals surface area contributed by atoms with Crippen molar-refractivity contribution >= 4 is 15.7 Å². The molecule has 0 N–H and O–H groups in total. The zero-order valence-electron chi connectivity index (χ0n) is 15.2. The van der Waals surface area contributed by atoms with Gasteiger partial charge in [0.2, 0.25) is 5.91 Å². The van der Waals surface area contributed by atoms with Gasteiger partial charge in [0.1, 0.15) is 0 Å². The molecule has 5 heteroatoms. The van der Waals surface area contributed by atoms with E-state index in [-0.39, 0.29) is 18.2 Å². The van der Waals surface area contributed by atoms with Gasteiger partial charge in [0, 0.05) is 13.1 Å². The van der Waals surface area contributed by atoms with Crippen LogP contribution in [0, 0.1) is 13.8 Å². The number of hydrogen-bond acceptors (Lipinski definition) is 3. The van der Waals surface area contributed by atoms with Crippen LogP contribution in [-0.2, 0) is 26.6 Å². The Morgan fingerprint density at radius 1 is 1.04 bits per heavy atom. The SMILES string of the molecule is Cc1cc(C)cc(C2(C(=O)N3CCS(=O)(=O)c4ccccc4C3)CC2)c1. The fourth-order valence-electron chi connectivity index (χ4n) is 4.04. The molecule has 136 valence electrons. The molecule has 2 aromatic rings. The highest BCUT2D eigenvalue weighted by molar-refractivity contribution is 7.91. The summed E-state index contributed by atoms with van der Waals surface area (Å²) >= 11 is 0. The molecule has 0 radical (unpaired) electrons. The van der Waals surface area contributed by atoms with Crippen LogP contribution in [0.3, 0.4) is 0 Å². The third-order valence-corrected chi connectivity index (χ3v) is 7.31. The molecular weight excluding hydrogens is 346 g/mol. The summed E-state index contributed by atoms with van der Waals surface area (Å²) in [6, 6.07) is 13.3. The number of rotatable bonds is 2. The van der Waals surface area contributed by atoms with Gasteiger partial charge in [0.15, 0.2) is 9.84 Å². The number of hydrogen-bond donors (Lipinski definition) is 0. The molecular formula is C21H23NO3S. The van der Waals surface area contributed by atoms with E-state index in [1.54, 1.807) is 17.0 Å². The Morgan fingerprint density at radius 3 is 2.35 bits per heavy atom. The van der Waals surface area contributed by atoms with Gasteiger partial charge in [0.05, 0.1) is 16.1 Å². The molecule has 26 heavy (non-hydrogen) atoms. The van der Waals surface area contributed by atoms with E-state index in [2.05, 4.69) is 18.2 Å². The lowest BCUT2D eigenvalue weighted by molar-refractivity contribution is -0.134. The average Bonchev–Trinajstić information content (AvgIpc) is 3.39. The van der Waals surface area contributed by atoms with Crippen LogP contribution >= 0.6 is 0 Å². The van der Waals surface area contributed by atoms with E-state index in [1.165, 1.54) is 0 Å². The molecule has 0 bridgehead atoms. The Balaban J connectivity index is 1.69. The maximum absolute atomic E-state index is 13.4. The van der Waals surface area contributed by atoms with E-state index in [9.17, 15) is 13.2 Å². The first kappa shape index (κ1) is 17.3. The van der Waals surface area contributed by atoms with Crippen LogP contribution in [0.4, 0.5) is 0 Å². The van der Waals surface area contributed by atoms with E-state index in [0.717, 1.165) is 35.1 Å². The van der Waals surface area contributed by atoms with Crippen LogP contribution in [0.1, 0.15) is 35.1 Å². The van der Waals surface area contributed by atoms with E-state index >= 15 is 0 Å².